The third-order valence-corrected chi connectivity index (χ3v) is 4.91. The summed E-state index contributed by atoms with van der Waals surface area (Å²) in [6.07, 6.45) is 1.13. The van der Waals surface area contributed by atoms with Crippen LogP contribution in [0.4, 0.5) is 8.78 Å². The van der Waals surface area contributed by atoms with Gasteiger partial charge < -0.3 is 15.7 Å². The summed E-state index contributed by atoms with van der Waals surface area (Å²) in [7, 11) is -3.26. The molecule has 2 aromatic rings. The van der Waals surface area contributed by atoms with Gasteiger partial charge in [0.15, 0.2) is 15.8 Å². The molecule has 6 nitrogen and oxygen atoms in total. The number of guanidine groups is 1. The van der Waals surface area contributed by atoms with Crippen molar-refractivity contribution in [3.63, 3.8) is 0 Å². The van der Waals surface area contributed by atoms with Gasteiger partial charge in [0.05, 0.1) is 18.9 Å². The minimum absolute atomic E-state index is 0.180. The molecular formula is C20H25F2N3O3S. The fraction of sp³-hybridized carbons (Fsp3) is 0.350. The van der Waals surface area contributed by atoms with E-state index in [1.54, 1.807) is 12.1 Å². The van der Waals surface area contributed by atoms with Crippen LogP contribution in [0.2, 0.25) is 0 Å². The van der Waals surface area contributed by atoms with Gasteiger partial charge in [-0.2, -0.15) is 0 Å². The summed E-state index contributed by atoms with van der Waals surface area (Å²) in [4.78, 5) is 4.41. The Morgan fingerprint density at radius 1 is 1.07 bits per heavy atom. The molecule has 0 aliphatic carbocycles. The van der Waals surface area contributed by atoms with Crippen LogP contribution in [0.3, 0.4) is 0 Å². The molecule has 0 heterocycles. The number of hydrogen-bond donors (Lipinski definition) is 3. The summed E-state index contributed by atoms with van der Waals surface area (Å²) in [6, 6.07) is 8.39. The maximum atomic E-state index is 13.7. The number of rotatable bonds is 8. The number of nitrogens with one attached hydrogen (secondary N) is 2. The molecule has 0 amide bonds. The topological polar surface area (TPSA) is 90.8 Å². The summed E-state index contributed by atoms with van der Waals surface area (Å²) in [5.41, 5.74) is 1.95. The molecule has 0 atom stereocenters. The summed E-state index contributed by atoms with van der Waals surface area (Å²) in [5.74, 6) is -0.673. The number of halogens is 2. The van der Waals surface area contributed by atoms with Gasteiger partial charge in [0.2, 0.25) is 0 Å². The quantitative estimate of drug-likeness (QED) is 0.446. The normalized spacial score (nSPS) is 12.1. The molecule has 0 aromatic heterocycles. The molecule has 9 heteroatoms. The smallest absolute Gasteiger partial charge is 0.191 e. The Morgan fingerprint density at radius 3 is 2.48 bits per heavy atom. The van der Waals surface area contributed by atoms with Crippen molar-refractivity contribution in [1.82, 2.24) is 10.6 Å². The van der Waals surface area contributed by atoms with Crippen molar-refractivity contribution in [3.05, 3.63) is 70.3 Å². The molecular weight excluding hydrogens is 400 g/mol. The van der Waals surface area contributed by atoms with Crippen LogP contribution >= 0.6 is 0 Å². The fourth-order valence-electron chi connectivity index (χ4n) is 2.72. The van der Waals surface area contributed by atoms with Gasteiger partial charge in [-0.15, -0.1) is 0 Å². The van der Waals surface area contributed by atoms with E-state index in [-0.39, 0.29) is 24.4 Å². The second-order valence-electron chi connectivity index (χ2n) is 6.62. The Morgan fingerprint density at radius 2 is 1.83 bits per heavy atom. The number of nitrogens with zero attached hydrogens (tertiary/aromatic N) is 1. The van der Waals surface area contributed by atoms with Gasteiger partial charge in [-0.05, 0) is 47.9 Å². The van der Waals surface area contributed by atoms with Gasteiger partial charge in [0, 0.05) is 24.9 Å². The molecule has 158 valence electrons. The Labute approximate surface area is 169 Å². The molecule has 2 rings (SSSR count). The average molecular weight is 426 g/mol. The lowest BCUT2D eigenvalue weighted by Crippen LogP contribution is -2.37. The first-order chi connectivity index (χ1) is 13.7. The molecule has 2 aromatic carbocycles. The molecule has 0 radical (unpaired) electrons. The lowest BCUT2D eigenvalue weighted by Gasteiger charge is -2.14. The van der Waals surface area contributed by atoms with Gasteiger partial charge in [0.1, 0.15) is 11.6 Å². The largest absolute Gasteiger partial charge is 0.392 e. The minimum atomic E-state index is -3.26. The highest BCUT2D eigenvalue weighted by Crippen LogP contribution is 2.15. The molecule has 0 bridgehead atoms. The maximum Gasteiger partial charge on any atom is 0.191 e. The van der Waals surface area contributed by atoms with Crippen LogP contribution in [0.1, 0.15) is 29.2 Å². The van der Waals surface area contributed by atoms with E-state index >= 15 is 0 Å². The summed E-state index contributed by atoms with van der Waals surface area (Å²) in [5, 5.41) is 15.3. The van der Waals surface area contributed by atoms with Crippen LogP contribution in [-0.4, -0.2) is 32.3 Å². The van der Waals surface area contributed by atoms with Crippen molar-refractivity contribution in [2.75, 3.05) is 12.8 Å². The van der Waals surface area contributed by atoms with Gasteiger partial charge in [0.25, 0.3) is 0 Å². The summed E-state index contributed by atoms with van der Waals surface area (Å²) < 4.78 is 50.4. The molecule has 0 spiro atoms. The van der Waals surface area contributed by atoms with E-state index in [2.05, 4.69) is 15.6 Å². The van der Waals surface area contributed by atoms with Gasteiger partial charge >= 0.3 is 0 Å². The van der Waals surface area contributed by atoms with Crippen molar-refractivity contribution in [3.8, 4) is 0 Å². The van der Waals surface area contributed by atoms with Gasteiger partial charge in [-0.1, -0.05) is 12.1 Å². The Bertz CT molecular complexity index is 979. The fourth-order valence-corrected chi connectivity index (χ4v) is 3.57. The predicted molar refractivity (Wildman–Crippen MR) is 109 cm³/mol. The Balaban J connectivity index is 2.15. The summed E-state index contributed by atoms with van der Waals surface area (Å²) >= 11 is 0. The number of sulfone groups is 1. The highest BCUT2D eigenvalue weighted by atomic mass is 32.2. The second kappa shape index (κ2) is 10.3. The number of benzene rings is 2. The lowest BCUT2D eigenvalue weighted by molar-refractivity contribution is 0.275. The average Bonchev–Trinajstić information content (AvgIpc) is 2.66. The highest BCUT2D eigenvalue weighted by Gasteiger charge is 2.11. The Kier molecular flexibility index (Phi) is 8.10. The summed E-state index contributed by atoms with van der Waals surface area (Å²) in [6.45, 7) is 2.48. The van der Waals surface area contributed by atoms with Crippen LogP contribution in [0, 0.1) is 11.6 Å². The van der Waals surface area contributed by atoms with Crippen molar-refractivity contribution in [2.24, 2.45) is 4.99 Å². The maximum absolute atomic E-state index is 13.7. The third kappa shape index (κ3) is 7.43. The lowest BCUT2D eigenvalue weighted by atomic mass is 10.1. The molecule has 0 unspecified atom stereocenters. The zero-order chi connectivity index (χ0) is 21.4. The number of aliphatic imine (C=N–C) groups is 1. The number of aliphatic hydroxyl groups is 1. The van der Waals surface area contributed by atoms with Crippen molar-refractivity contribution in [1.29, 1.82) is 0 Å². The van der Waals surface area contributed by atoms with Crippen molar-refractivity contribution >= 4 is 15.8 Å². The van der Waals surface area contributed by atoms with E-state index in [0.29, 0.717) is 23.6 Å². The number of aliphatic hydroxyl groups excluding tert-OH is 1. The van der Waals surface area contributed by atoms with Crippen LogP contribution < -0.4 is 10.6 Å². The molecule has 0 aliphatic rings. The third-order valence-electron chi connectivity index (χ3n) is 4.08. The van der Waals surface area contributed by atoms with Crippen LogP contribution in [0.15, 0.2) is 41.4 Å². The zero-order valence-corrected chi connectivity index (χ0v) is 17.2. The van der Waals surface area contributed by atoms with E-state index < -0.39 is 28.1 Å². The van der Waals surface area contributed by atoms with E-state index in [1.807, 2.05) is 6.92 Å². The van der Waals surface area contributed by atoms with Gasteiger partial charge in [-0.25, -0.2) is 22.2 Å². The van der Waals surface area contributed by atoms with E-state index in [1.165, 1.54) is 24.3 Å². The van der Waals surface area contributed by atoms with Crippen LogP contribution in [-0.2, 0) is 35.3 Å². The van der Waals surface area contributed by atoms with Crippen LogP contribution in [0.25, 0.3) is 0 Å². The number of hydrogen-bond acceptors (Lipinski definition) is 4. The highest BCUT2D eigenvalue weighted by molar-refractivity contribution is 7.89. The predicted octanol–water partition coefficient (Wildman–Crippen LogP) is 2.26. The zero-order valence-electron chi connectivity index (χ0n) is 16.4. The first-order valence-electron chi connectivity index (χ1n) is 9.07. The first kappa shape index (κ1) is 22.8. The second-order valence-corrected chi connectivity index (χ2v) is 8.76. The Hall–Kier alpha value is -2.52. The molecule has 29 heavy (non-hydrogen) atoms. The molecule has 0 saturated heterocycles. The molecule has 0 aliphatic heterocycles. The SMILES string of the molecule is CCNC(=NCc1ccc(F)c(CO)c1)NCc1cc(F)ccc1CS(C)(=O)=O. The van der Waals surface area contributed by atoms with E-state index in [0.717, 1.165) is 11.8 Å². The van der Waals surface area contributed by atoms with Crippen molar-refractivity contribution < 1.29 is 22.3 Å². The molecule has 3 N–H and O–H groups in total. The monoisotopic (exact) mass is 425 g/mol. The van der Waals surface area contributed by atoms with Gasteiger partial charge in [-0.3, -0.25) is 0 Å². The molecule has 0 saturated carbocycles. The first-order valence-corrected chi connectivity index (χ1v) is 11.1. The van der Waals surface area contributed by atoms with Crippen molar-refractivity contribution in [2.45, 2.75) is 32.4 Å². The van der Waals surface area contributed by atoms with E-state index in [9.17, 15) is 17.2 Å². The van der Waals surface area contributed by atoms with Crippen LogP contribution in [0.5, 0.6) is 0 Å². The van der Waals surface area contributed by atoms with E-state index in [4.69, 9.17) is 5.11 Å². The minimum Gasteiger partial charge on any atom is -0.392 e. The standard InChI is InChI=1S/C20H25F2N3O3S/c1-3-23-20(24-10-14-4-7-19(22)17(8-14)12-26)25-11-16-9-18(21)6-5-15(16)13-29(2,27)28/h4-9,26H,3,10-13H2,1-2H3,(H2,23,24,25). The molecule has 0 fully saturated rings.